The number of sulfonamides is 1. The van der Waals surface area contributed by atoms with E-state index >= 15 is 0 Å². The van der Waals surface area contributed by atoms with Gasteiger partial charge in [-0.05, 0) is 25.0 Å². The number of carbonyl (C=O) groups is 1. The number of nitrogens with one attached hydrogen (secondary N) is 1. The summed E-state index contributed by atoms with van der Waals surface area (Å²) in [6.07, 6.45) is 2.14. The number of nitriles is 1. The molecule has 0 radical (unpaired) electrons. The Morgan fingerprint density at radius 1 is 1.47 bits per heavy atom. The van der Waals surface area contributed by atoms with Gasteiger partial charge in [-0.15, -0.1) is 11.3 Å². The van der Waals surface area contributed by atoms with E-state index in [0.717, 1.165) is 6.42 Å². The Kier molecular flexibility index (Phi) is 3.89. The molecule has 1 fully saturated rings. The maximum Gasteiger partial charge on any atom is 0.345 e. The molecule has 1 aromatic heterocycles. The normalized spacial score (nSPS) is 23.1. The third kappa shape index (κ3) is 2.94. The fraction of sp³-hybridized carbons (Fsp3) is 0.455. The van der Waals surface area contributed by atoms with Crippen LogP contribution in [0.25, 0.3) is 0 Å². The van der Waals surface area contributed by atoms with Gasteiger partial charge in [0.1, 0.15) is 9.09 Å². The first-order valence-electron chi connectivity index (χ1n) is 5.69. The van der Waals surface area contributed by atoms with Crippen molar-refractivity contribution in [1.82, 2.24) is 4.72 Å². The van der Waals surface area contributed by atoms with Crippen LogP contribution < -0.4 is 4.72 Å². The van der Waals surface area contributed by atoms with Crippen LogP contribution in [0.5, 0.6) is 0 Å². The van der Waals surface area contributed by atoms with E-state index in [0.29, 0.717) is 24.2 Å². The average molecular weight is 300 g/mol. The van der Waals surface area contributed by atoms with E-state index in [9.17, 15) is 13.2 Å². The molecule has 102 valence electrons. The van der Waals surface area contributed by atoms with Gasteiger partial charge in [0.15, 0.2) is 0 Å². The maximum absolute atomic E-state index is 12.1. The fourth-order valence-corrected chi connectivity index (χ4v) is 4.57. The lowest BCUT2D eigenvalue weighted by molar-refractivity contribution is 0.0702. The second kappa shape index (κ2) is 5.28. The first kappa shape index (κ1) is 14.0. The summed E-state index contributed by atoms with van der Waals surface area (Å²) < 4.78 is 26.6. The summed E-state index contributed by atoms with van der Waals surface area (Å²) in [6, 6.07) is 4.24. The zero-order valence-corrected chi connectivity index (χ0v) is 11.5. The molecule has 0 saturated heterocycles. The van der Waals surface area contributed by atoms with Gasteiger partial charge in [-0.25, -0.2) is 17.9 Å². The van der Waals surface area contributed by atoms with Crippen molar-refractivity contribution < 1.29 is 18.3 Å². The number of hydrogen-bond donors (Lipinski definition) is 2. The molecule has 1 aromatic rings. The van der Waals surface area contributed by atoms with E-state index in [1.807, 2.05) is 0 Å². The van der Waals surface area contributed by atoms with Crippen molar-refractivity contribution in [2.45, 2.75) is 29.5 Å². The lowest BCUT2D eigenvalue weighted by atomic mass is 10.1. The molecule has 0 spiro atoms. The number of nitrogens with zero attached hydrogens (tertiary/aromatic N) is 1. The summed E-state index contributed by atoms with van der Waals surface area (Å²) in [5.41, 5.74) is 0. The smallest absolute Gasteiger partial charge is 0.345 e. The minimum absolute atomic E-state index is 0.0244. The number of carboxylic acid groups (broad SMARTS) is 1. The maximum atomic E-state index is 12.1. The van der Waals surface area contributed by atoms with Crippen molar-refractivity contribution in [1.29, 1.82) is 5.26 Å². The molecule has 0 bridgehead atoms. The third-order valence-electron chi connectivity index (χ3n) is 3.05. The van der Waals surface area contributed by atoms with Crippen molar-refractivity contribution in [3.05, 3.63) is 17.0 Å². The van der Waals surface area contributed by atoms with Gasteiger partial charge in [0.25, 0.3) is 0 Å². The molecule has 0 amide bonds. The molecular weight excluding hydrogens is 288 g/mol. The molecule has 2 unspecified atom stereocenters. The van der Waals surface area contributed by atoms with E-state index in [1.54, 1.807) is 0 Å². The van der Waals surface area contributed by atoms with E-state index in [-0.39, 0.29) is 21.0 Å². The first-order valence-corrected chi connectivity index (χ1v) is 7.99. The van der Waals surface area contributed by atoms with Gasteiger partial charge >= 0.3 is 5.97 Å². The van der Waals surface area contributed by atoms with E-state index < -0.39 is 16.0 Å². The van der Waals surface area contributed by atoms with Gasteiger partial charge in [0.05, 0.1) is 12.0 Å². The monoisotopic (exact) mass is 300 g/mol. The first-order chi connectivity index (χ1) is 8.94. The van der Waals surface area contributed by atoms with Crippen LogP contribution >= 0.6 is 11.3 Å². The van der Waals surface area contributed by atoms with Crippen molar-refractivity contribution in [2.75, 3.05) is 0 Å². The number of carboxylic acids is 1. The molecule has 2 N–H and O–H groups in total. The summed E-state index contributed by atoms with van der Waals surface area (Å²) >= 11 is 0.707. The highest BCUT2D eigenvalue weighted by Crippen LogP contribution is 2.28. The highest BCUT2D eigenvalue weighted by molar-refractivity contribution is 7.91. The van der Waals surface area contributed by atoms with E-state index in [1.165, 1.54) is 12.1 Å². The molecule has 6 nitrogen and oxygen atoms in total. The SMILES string of the molecule is N#CC1CCCC1NS(=O)(=O)c1ccc(C(=O)O)s1. The van der Waals surface area contributed by atoms with Crippen molar-refractivity contribution in [3.8, 4) is 6.07 Å². The van der Waals surface area contributed by atoms with Crippen LogP contribution in [0.2, 0.25) is 0 Å². The van der Waals surface area contributed by atoms with Crippen molar-refractivity contribution in [3.63, 3.8) is 0 Å². The fourth-order valence-electron chi connectivity index (χ4n) is 2.09. The molecular formula is C11H12N2O4S2. The van der Waals surface area contributed by atoms with Gasteiger partial charge in [-0.2, -0.15) is 5.26 Å². The quantitative estimate of drug-likeness (QED) is 0.874. The zero-order chi connectivity index (χ0) is 14.0. The lowest BCUT2D eigenvalue weighted by Gasteiger charge is -2.14. The topological polar surface area (TPSA) is 107 Å². The summed E-state index contributed by atoms with van der Waals surface area (Å²) in [5.74, 6) is -1.46. The summed E-state index contributed by atoms with van der Waals surface area (Å²) in [6.45, 7) is 0. The molecule has 2 atom stereocenters. The van der Waals surface area contributed by atoms with Crippen LogP contribution in [0, 0.1) is 17.2 Å². The number of thiophene rings is 1. The van der Waals surface area contributed by atoms with Crippen LogP contribution in [0.4, 0.5) is 0 Å². The van der Waals surface area contributed by atoms with Crippen LogP contribution in [-0.2, 0) is 10.0 Å². The van der Waals surface area contributed by atoms with E-state index in [2.05, 4.69) is 10.8 Å². The molecule has 2 rings (SSSR count). The molecule has 1 saturated carbocycles. The molecule has 1 aliphatic rings. The number of aromatic carboxylic acids is 1. The Balaban J connectivity index is 2.18. The molecule has 0 aliphatic heterocycles. The van der Waals surface area contributed by atoms with Gasteiger partial charge in [0, 0.05) is 6.04 Å². The molecule has 8 heteroatoms. The standard InChI is InChI=1S/C11H12N2O4S2/c12-6-7-2-1-3-8(7)13-19(16,17)10-5-4-9(18-10)11(14)15/h4-5,7-8,13H,1-3H2,(H,14,15). The summed E-state index contributed by atoms with van der Waals surface area (Å²) in [5, 5.41) is 17.7. The van der Waals surface area contributed by atoms with Gasteiger partial charge in [0.2, 0.25) is 10.0 Å². The number of hydrogen-bond acceptors (Lipinski definition) is 5. The van der Waals surface area contributed by atoms with Gasteiger partial charge < -0.3 is 5.11 Å². The Morgan fingerprint density at radius 3 is 2.79 bits per heavy atom. The number of rotatable bonds is 4. The van der Waals surface area contributed by atoms with Gasteiger partial charge in [-0.1, -0.05) is 6.42 Å². The minimum Gasteiger partial charge on any atom is -0.477 e. The summed E-state index contributed by atoms with van der Waals surface area (Å²) in [7, 11) is -3.75. The van der Waals surface area contributed by atoms with Crippen LogP contribution in [-0.4, -0.2) is 25.5 Å². The average Bonchev–Trinajstić information content (AvgIpc) is 2.95. The predicted molar refractivity (Wildman–Crippen MR) is 68.3 cm³/mol. The highest BCUT2D eigenvalue weighted by atomic mass is 32.2. The lowest BCUT2D eigenvalue weighted by Crippen LogP contribution is -2.36. The van der Waals surface area contributed by atoms with Crippen molar-refractivity contribution in [2.24, 2.45) is 5.92 Å². The van der Waals surface area contributed by atoms with E-state index in [4.69, 9.17) is 10.4 Å². The molecule has 0 aromatic carbocycles. The largest absolute Gasteiger partial charge is 0.477 e. The Morgan fingerprint density at radius 2 is 2.21 bits per heavy atom. The second-order valence-corrected chi connectivity index (χ2v) is 7.34. The van der Waals surface area contributed by atoms with Crippen LogP contribution in [0.3, 0.4) is 0 Å². The molecule has 19 heavy (non-hydrogen) atoms. The van der Waals surface area contributed by atoms with Crippen LogP contribution in [0.15, 0.2) is 16.3 Å². The highest BCUT2D eigenvalue weighted by Gasteiger charge is 2.32. The zero-order valence-electron chi connectivity index (χ0n) is 9.87. The Hall–Kier alpha value is -1.43. The predicted octanol–water partition coefficient (Wildman–Crippen LogP) is 1.42. The Labute approximate surface area is 114 Å². The molecule has 1 aliphatic carbocycles. The minimum atomic E-state index is -3.75. The van der Waals surface area contributed by atoms with Crippen LogP contribution in [0.1, 0.15) is 28.9 Å². The molecule has 1 heterocycles. The second-order valence-electron chi connectivity index (χ2n) is 4.32. The summed E-state index contributed by atoms with van der Waals surface area (Å²) in [4.78, 5) is 10.7. The third-order valence-corrected chi connectivity index (χ3v) is 6.10. The van der Waals surface area contributed by atoms with Crippen molar-refractivity contribution >= 4 is 27.3 Å². The Bertz CT molecular complexity index is 629. The van der Waals surface area contributed by atoms with Gasteiger partial charge in [-0.3, -0.25) is 0 Å².